The fourth-order valence-electron chi connectivity index (χ4n) is 4.60. The average molecular weight is 417 g/mol. The van der Waals surface area contributed by atoms with Gasteiger partial charge in [0.2, 0.25) is 11.8 Å². The predicted octanol–water partition coefficient (Wildman–Crippen LogP) is 3.67. The van der Waals surface area contributed by atoms with Crippen LogP contribution in [0.25, 0.3) is 0 Å². The lowest BCUT2D eigenvalue weighted by molar-refractivity contribution is -0.152. The van der Waals surface area contributed by atoms with Gasteiger partial charge >= 0.3 is 0 Å². The molecule has 0 saturated carbocycles. The molecule has 1 atom stereocenters. The zero-order valence-electron chi connectivity index (χ0n) is 18.9. The van der Waals surface area contributed by atoms with Crippen LogP contribution in [0.1, 0.15) is 58.4 Å². The second-order valence-corrected chi connectivity index (χ2v) is 9.31. The number of unbranched alkanes of at least 4 members (excludes halogenated alkanes) is 1. The number of carbonyl (C=O) groups is 2. The van der Waals surface area contributed by atoms with E-state index in [0.717, 1.165) is 55.8 Å². The Kier molecular flexibility index (Phi) is 7.40. The topological polar surface area (TPSA) is 59.1 Å². The molecule has 3 rings (SSSR count). The molecule has 0 N–H and O–H groups in total. The molecule has 0 aliphatic carbocycles. The first kappa shape index (κ1) is 22.6. The van der Waals surface area contributed by atoms with Gasteiger partial charge < -0.3 is 9.47 Å². The molecule has 1 aromatic rings. The van der Waals surface area contributed by atoms with Gasteiger partial charge in [0.05, 0.1) is 7.11 Å². The van der Waals surface area contributed by atoms with Gasteiger partial charge in [0.1, 0.15) is 18.1 Å². The van der Waals surface area contributed by atoms with Crippen molar-refractivity contribution in [2.75, 3.05) is 33.4 Å². The molecule has 0 aromatic heterocycles. The number of ether oxygens (including phenoxy) is 2. The first-order chi connectivity index (χ1) is 14.3. The summed E-state index contributed by atoms with van der Waals surface area (Å²) in [4.78, 5) is 28.6. The van der Waals surface area contributed by atoms with Crippen LogP contribution in [0.5, 0.6) is 11.5 Å². The molecule has 6 nitrogen and oxygen atoms in total. The zero-order valence-corrected chi connectivity index (χ0v) is 18.9. The van der Waals surface area contributed by atoms with Gasteiger partial charge in [-0.1, -0.05) is 26.8 Å². The largest absolute Gasteiger partial charge is 0.496 e. The van der Waals surface area contributed by atoms with Crippen LogP contribution >= 0.6 is 0 Å². The normalized spacial score (nSPS) is 20.8. The molecule has 2 amide bonds. The Bertz CT molecular complexity index is 727. The number of benzene rings is 1. The number of imide groups is 1. The van der Waals surface area contributed by atoms with Gasteiger partial charge in [-0.15, -0.1) is 0 Å². The lowest BCUT2D eigenvalue weighted by atomic mass is 9.82. The van der Waals surface area contributed by atoms with Gasteiger partial charge in [0, 0.05) is 31.0 Å². The highest BCUT2D eigenvalue weighted by atomic mass is 16.5. The van der Waals surface area contributed by atoms with Crippen LogP contribution in [0.2, 0.25) is 0 Å². The Morgan fingerprint density at radius 1 is 1.17 bits per heavy atom. The number of carbonyl (C=O) groups excluding carboxylic acids is 2. The molecule has 0 bridgehead atoms. The molecule has 6 heteroatoms. The maximum Gasteiger partial charge on any atom is 0.229 e. The third-order valence-corrected chi connectivity index (χ3v) is 6.15. The zero-order chi connectivity index (χ0) is 21.7. The minimum absolute atomic E-state index is 0.0222. The second-order valence-electron chi connectivity index (χ2n) is 9.31. The van der Waals surface area contributed by atoms with Crippen molar-refractivity contribution in [1.82, 2.24) is 9.80 Å². The summed E-state index contributed by atoms with van der Waals surface area (Å²) in [6.45, 7) is 9.33. The Morgan fingerprint density at radius 3 is 2.57 bits per heavy atom. The van der Waals surface area contributed by atoms with Crippen LogP contribution in [0.15, 0.2) is 18.2 Å². The van der Waals surface area contributed by atoms with Gasteiger partial charge in [-0.25, -0.2) is 0 Å². The summed E-state index contributed by atoms with van der Waals surface area (Å²) in [6.07, 6.45) is 4.70. The molecule has 0 radical (unpaired) electrons. The molecular weight excluding hydrogens is 380 g/mol. The van der Waals surface area contributed by atoms with Crippen LogP contribution in [0, 0.1) is 5.41 Å². The Hall–Kier alpha value is -2.08. The highest BCUT2D eigenvalue weighted by Crippen LogP contribution is 2.34. The van der Waals surface area contributed by atoms with Crippen molar-refractivity contribution in [1.29, 1.82) is 0 Å². The van der Waals surface area contributed by atoms with Crippen molar-refractivity contribution in [3.63, 3.8) is 0 Å². The Morgan fingerprint density at radius 2 is 1.90 bits per heavy atom. The van der Waals surface area contributed by atoms with Crippen molar-refractivity contribution >= 4 is 11.8 Å². The summed E-state index contributed by atoms with van der Waals surface area (Å²) in [5, 5.41) is 0. The lowest BCUT2D eigenvalue weighted by Gasteiger charge is -2.36. The third kappa shape index (κ3) is 5.34. The van der Waals surface area contributed by atoms with E-state index in [0.29, 0.717) is 32.0 Å². The second kappa shape index (κ2) is 9.82. The molecule has 1 fully saturated rings. The van der Waals surface area contributed by atoms with E-state index < -0.39 is 0 Å². The molecule has 1 aromatic carbocycles. The van der Waals surface area contributed by atoms with Crippen molar-refractivity contribution in [3.8, 4) is 11.5 Å². The highest BCUT2D eigenvalue weighted by molar-refractivity contribution is 5.98. The van der Waals surface area contributed by atoms with E-state index in [1.807, 2.05) is 32.0 Å². The van der Waals surface area contributed by atoms with Gasteiger partial charge in [0.15, 0.2) is 0 Å². The summed E-state index contributed by atoms with van der Waals surface area (Å²) in [6, 6.07) is 6.27. The number of nitrogens with zero attached hydrogens (tertiary/aromatic N) is 2. The van der Waals surface area contributed by atoms with Crippen LogP contribution in [0.3, 0.4) is 0 Å². The number of likely N-dealkylation sites (tertiary alicyclic amines) is 1. The number of hydrogen-bond donors (Lipinski definition) is 0. The van der Waals surface area contributed by atoms with E-state index in [1.54, 1.807) is 7.11 Å². The monoisotopic (exact) mass is 416 g/mol. The fraction of sp³-hybridized carbons (Fsp3) is 0.667. The van der Waals surface area contributed by atoms with E-state index in [4.69, 9.17) is 9.47 Å². The molecule has 1 saturated heterocycles. The summed E-state index contributed by atoms with van der Waals surface area (Å²) in [7, 11) is 1.70. The highest BCUT2D eigenvalue weighted by Gasteiger charge is 2.37. The van der Waals surface area contributed by atoms with Gasteiger partial charge in [-0.05, 0) is 56.3 Å². The number of methoxy groups -OCH3 is 1. The maximum absolute atomic E-state index is 12.3. The van der Waals surface area contributed by atoms with Crippen molar-refractivity contribution < 1.29 is 19.1 Å². The Labute approximate surface area is 180 Å². The lowest BCUT2D eigenvalue weighted by Crippen LogP contribution is -2.47. The molecule has 0 spiro atoms. The van der Waals surface area contributed by atoms with E-state index in [1.165, 1.54) is 4.90 Å². The molecular formula is C24H36N2O4. The van der Waals surface area contributed by atoms with Crippen LogP contribution in [-0.2, 0) is 16.0 Å². The van der Waals surface area contributed by atoms with Gasteiger partial charge in [0.25, 0.3) is 0 Å². The summed E-state index contributed by atoms with van der Waals surface area (Å²) in [5.74, 6) is 1.77. The Balaban J connectivity index is 1.53. The van der Waals surface area contributed by atoms with Crippen LogP contribution in [0.4, 0.5) is 0 Å². The summed E-state index contributed by atoms with van der Waals surface area (Å²) in [5.41, 5.74) is 0.936. The molecule has 1 unspecified atom stereocenters. The van der Waals surface area contributed by atoms with Crippen LogP contribution in [-0.4, -0.2) is 61.0 Å². The SMILES string of the molecule is CCCN(CCCCN1C(=O)CC(C)(C)CC1=O)C1COc2cccc(OC)c2C1. The minimum atomic E-state index is -0.207. The third-order valence-electron chi connectivity index (χ3n) is 6.15. The number of rotatable bonds is 9. The van der Waals surface area contributed by atoms with E-state index in [2.05, 4.69) is 11.8 Å². The first-order valence-corrected chi connectivity index (χ1v) is 11.2. The summed E-state index contributed by atoms with van der Waals surface area (Å²) >= 11 is 0. The van der Waals surface area contributed by atoms with Gasteiger partial charge in [-0.2, -0.15) is 0 Å². The first-order valence-electron chi connectivity index (χ1n) is 11.2. The molecule has 30 heavy (non-hydrogen) atoms. The standard InChI is InChI=1S/C24H36N2O4/c1-5-11-25(18-14-19-20(29-4)9-8-10-21(19)30-17-18)12-6-7-13-26-22(27)15-24(2,3)16-23(26)28/h8-10,18H,5-7,11-17H2,1-4H3. The molecule has 2 heterocycles. The van der Waals surface area contributed by atoms with Gasteiger partial charge in [-0.3, -0.25) is 19.4 Å². The smallest absolute Gasteiger partial charge is 0.229 e. The maximum atomic E-state index is 12.3. The van der Waals surface area contributed by atoms with E-state index in [-0.39, 0.29) is 17.2 Å². The van der Waals surface area contributed by atoms with Crippen LogP contribution < -0.4 is 9.47 Å². The summed E-state index contributed by atoms with van der Waals surface area (Å²) < 4.78 is 11.6. The van der Waals surface area contributed by atoms with E-state index >= 15 is 0 Å². The fourth-order valence-corrected chi connectivity index (χ4v) is 4.60. The molecule has 2 aliphatic heterocycles. The van der Waals surface area contributed by atoms with Crippen molar-refractivity contribution in [3.05, 3.63) is 23.8 Å². The number of amides is 2. The molecule has 2 aliphatic rings. The molecule has 166 valence electrons. The predicted molar refractivity (Wildman–Crippen MR) is 117 cm³/mol. The number of piperidine rings is 1. The van der Waals surface area contributed by atoms with E-state index in [9.17, 15) is 9.59 Å². The van der Waals surface area contributed by atoms with Crippen molar-refractivity contribution in [2.45, 2.75) is 65.3 Å². The number of fused-ring (bicyclic) bond motifs is 1. The van der Waals surface area contributed by atoms with Crippen molar-refractivity contribution in [2.24, 2.45) is 5.41 Å². The average Bonchev–Trinajstić information content (AvgIpc) is 2.70. The minimum Gasteiger partial charge on any atom is -0.496 e. The quantitative estimate of drug-likeness (QED) is 0.454. The number of hydrogen-bond acceptors (Lipinski definition) is 5.